The molecule has 0 heterocycles. The van der Waals surface area contributed by atoms with Crippen LogP contribution in [0.4, 0.5) is 0 Å². The molecule has 0 bridgehead atoms. The van der Waals surface area contributed by atoms with Gasteiger partial charge in [-0.15, -0.1) is 0 Å². The molecule has 0 atom stereocenters. The highest BCUT2D eigenvalue weighted by molar-refractivity contribution is 3.90. The van der Waals surface area contributed by atoms with Gasteiger partial charge < -0.3 is 14.6 Å². The zero-order valence-electron chi connectivity index (χ0n) is 3.68. The van der Waals surface area contributed by atoms with Gasteiger partial charge in [0, 0.05) is 7.11 Å². The Hall–Kier alpha value is -0.120. The average molecular weight is 90.1 g/mol. The fourth-order valence-electron chi connectivity index (χ4n) is 0.121. The van der Waals surface area contributed by atoms with Crippen LogP contribution in [-0.2, 0) is 9.47 Å². The number of rotatable bonds is 3. The third kappa shape index (κ3) is 3.88. The summed E-state index contributed by atoms with van der Waals surface area (Å²) in [6.45, 7) is -0.107. The highest BCUT2D eigenvalue weighted by Crippen LogP contribution is 1.66. The van der Waals surface area contributed by atoms with Crippen molar-refractivity contribution in [2.24, 2.45) is 0 Å². The largest absolute Gasteiger partial charge is 0.371 e. The van der Waals surface area contributed by atoms with Crippen LogP contribution in [0.5, 0.6) is 0 Å². The number of hydrogen-bond acceptors (Lipinski definition) is 3. The molecule has 0 saturated heterocycles. The molecule has 0 unspecified atom stereocenters. The van der Waals surface area contributed by atoms with Crippen molar-refractivity contribution in [2.45, 2.75) is 0 Å². The van der Waals surface area contributed by atoms with Gasteiger partial charge in [0.15, 0.2) is 0 Å². The first-order chi connectivity index (χ1) is 2.91. The number of hydrogen-bond donors (Lipinski definition) is 1. The van der Waals surface area contributed by atoms with Crippen molar-refractivity contribution in [1.29, 1.82) is 0 Å². The van der Waals surface area contributed by atoms with E-state index in [-0.39, 0.29) is 13.6 Å². The minimum Gasteiger partial charge on any atom is -0.371 e. The second-order valence-corrected chi connectivity index (χ2v) is 0.740. The topological polar surface area (TPSA) is 38.7 Å². The number of aliphatic hydroxyl groups is 1. The van der Waals surface area contributed by atoms with E-state index in [0.717, 1.165) is 0 Å². The normalized spacial score (nSPS) is 9.00. The highest BCUT2D eigenvalue weighted by Gasteiger charge is 1.72. The predicted octanol–water partition coefficient (Wildman–Crippen LogP) is -0.443. The molecular formula is C3H8O3. The molecule has 3 nitrogen and oxygen atoms in total. The second kappa shape index (κ2) is 4.88. The Morgan fingerprint density at radius 2 is 2.33 bits per heavy atom. The average Bonchev–Trinajstić information content (AvgIpc) is 1.61. The molecule has 0 saturated carbocycles. The third-order valence-corrected chi connectivity index (χ3v) is 0.292. The lowest BCUT2D eigenvalue weighted by atomic mass is 10.5. The van der Waals surface area contributed by atoms with Crippen LogP contribution in [0.25, 0.3) is 0 Å². The van der Waals surface area contributed by atoms with Crippen LogP contribution in [0.3, 0.4) is 0 Å². The van der Waals surface area contributed by atoms with E-state index in [4.69, 9.17) is 5.11 Å². The molecule has 38 valence electrons. The summed E-state index contributed by atoms with van der Waals surface area (Å²) in [7, 11) is 1.50. The smallest absolute Gasteiger partial charge is 0.149 e. The van der Waals surface area contributed by atoms with E-state index >= 15 is 0 Å². The highest BCUT2D eigenvalue weighted by atomic mass is 16.6. The van der Waals surface area contributed by atoms with Crippen molar-refractivity contribution in [3.63, 3.8) is 0 Å². The maximum atomic E-state index is 7.90. The number of aliphatic hydroxyl groups excluding tert-OH is 1. The Labute approximate surface area is 36.5 Å². The molecule has 0 rings (SSSR count). The van der Waals surface area contributed by atoms with Crippen LogP contribution in [-0.4, -0.2) is 25.8 Å². The fourth-order valence-corrected chi connectivity index (χ4v) is 0.121. The second-order valence-electron chi connectivity index (χ2n) is 0.740. The van der Waals surface area contributed by atoms with Crippen LogP contribution < -0.4 is 0 Å². The van der Waals surface area contributed by atoms with Gasteiger partial charge in [-0.25, -0.2) is 0 Å². The summed E-state index contributed by atoms with van der Waals surface area (Å²) < 4.78 is 8.72. The Kier molecular flexibility index (Phi) is 4.78. The Balaban J connectivity index is 2.34. The lowest BCUT2D eigenvalue weighted by Gasteiger charge is -1.92. The Morgan fingerprint density at radius 3 is 2.50 bits per heavy atom. The van der Waals surface area contributed by atoms with Gasteiger partial charge in [-0.05, 0) is 0 Å². The van der Waals surface area contributed by atoms with E-state index in [1.54, 1.807) is 0 Å². The summed E-state index contributed by atoms with van der Waals surface area (Å²) >= 11 is 0. The summed E-state index contributed by atoms with van der Waals surface area (Å²) in [5.41, 5.74) is 0. The van der Waals surface area contributed by atoms with Crippen molar-refractivity contribution in [3.05, 3.63) is 0 Å². The Morgan fingerprint density at radius 1 is 1.67 bits per heavy atom. The van der Waals surface area contributed by atoms with Crippen molar-refractivity contribution in [1.82, 2.24) is 0 Å². The lowest BCUT2D eigenvalue weighted by molar-refractivity contribution is -0.0931. The van der Waals surface area contributed by atoms with Gasteiger partial charge >= 0.3 is 0 Å². The molecule has 0 aromatic heterocycles. The van der Waals surface area contributed by atoms with Gasteiger partial charge in [0.05, 0.1) is 0 Å². The maximum Gasteiger partial charge on any atom is 0.149 e. The first-order valence-corrected chi connectivity index (χ1v) is 1.59. The van der Waals surface area contributed by atoms with Crippen LogP contribution >= 0.6 is 0 Å². The fraction of sp³-hybridized carbons (Fsp3) is 1.00. The molecule has 0 aliphatic carbocycles. The molecule has 0 aliphatic heterocycles. The van der Waals surface area contributed by atoms with Crippen LogP contribution in [0.15, 0.2) is 0 Å². The molecule has 1 N–H and O–H groups in total. The molecule has 0 aliphatic rings. The molecule has 0 fully saturated rings. The van der Waals surface area contributed by atoms with Gasteiger partial charge in [-0.2, -0.15) is 0 Å². The zero-order valence-corrected chi connectivity index (χ0v) is 3.68. The molecule has 3 heteroatoms. The van der Waals surface area contributed by atoms with E-state index < -0.39 is 0 Å². The molecular weight excluding hydrogens is 82.0 g/mol. The number of ether oxygens (including phenoxy) is 2. The molecule has 0 radical (unpaired) electrons. The van der Waals surface area contributed by atoms with Crippen LogP contribution in [0.1, 0.15) is 0 Å². The summed E-state index contributed by atoms with van der Waals surface area (Å²) in [6, 6.07) is 0. The van der Waals surface area contributed by atoms with Crippen LogP contribution in [0, 0.1) is 0 Å². The minimum atomic E-state index is -0.270. The summed E-state index contributed by atoms with van der Waals surface area (Å²) in [5, 5.41) is 7.90. The van der Waals surface area contributed by atoms with E-state index in [1.807, 2.05) is 0 Å². The lowest BCUT2D eigenvalue weighted by Crippen LogP contribution is -1.95. The monoisotopic (exact) mass is 90.1 g/mol. The maximum absolute atomic E-state index is 7.90. The van der Waals surface area contributed by atoms with Gasteiger partial charge in [-0.1, -0.05) is 0 Å². The standard InChI is InChI=1S/C3H8O3/c1-5-3-6-2-4/h4H,2-3H2,1H3/i2-1,3-1. The first kappa shape index (κ1) is 5.88. The summed E-state index contributed by atoms with van der Waals surface area (Å²) in [5.74, 6) is 0. The van der Waals surface area contributed by atoms with E-state index in [2.05, 4.69) is 9.47 Å². The summed E-state index contributed by atoms with van der Waals surface area (Å²) in [6.07, 6.45) is 0. The SMILES string of the molecule is CO[11CH2]O[11CH2]O. The van der Waals surface area contributed by atoms with Crippen molar-refractivity contribution in [3.8, 4) is 0 Å². The van der Waals surface area contributed by atoms with Gasteiger partial charge in [-0.3, -0.25) is 0 Å². The minimum absolute atomic E-state index is 0.163. The van der Waals surface area contributed by atoms with E-state index in [0.29, 0.717) is 0 Å². The van der Waals surface area contributed by atoms with Gasteiger partial charge in [0.25, 0.3) is 0 Å². The summed E-state index contributed by atoms with van der Waals surface area (Å²) in [4.78, 5) is 0. The molecule has 0 amide bonds. The third-order valence-electron chi connectivity index (χ3n) is 0.292. The van der Waals surface area contributed by atoms with Crippen molar-refractivity contribution in [2.75, 3.05) is 20.7 Å². The van der Waals surface area contributed by atoms with Crippen molar-refractivity contribution < 1.29 is 14.6 Å². The number of methoxy groups -OCH3 is 1. The van der Waals surface area contributed by atoms with E-state index in [9.17, 15) is 0 Å². The van der Waals surface area contributed by atoms with Crippen LogP contribution in [0.2, 0.25) is 0 Å². The van der Waals surface area contributed by atoms with Gasteiger partial charge in [0.1, 0.15) is 13.6 Å². The zero-order chi connectivity index (χ0) is 4.83. The molecule has 0 spiro atoms. The van der Waals surface area contributed by atoms with Crippen molar-refractivity contribution >= 4 is 0 Å². The Bertz CT molecular complexity index is 18.0. The molecule has 0 aromatic carbocycles. The first-order valence-electron chi connectivity index (χ1n) is 1.59. The predicted molar refractivity (Wildman–Crippen MR) is 20.0 cm³/mol. The molecule has 6 heavy (non-hydrogen) atoms. The van der Waals surface area contributed by atoms with Gasteiger partial charge in [0.2, 0.25) is 0 Å². The van der Waals surface area contributed by atoms with E-state index in [1.165, 1.54) is 7.11 Å². The quantitative estimate of drug-likeness (QED) is 0.377. The molecule has 0 aromatic rings.